The van der Waals surface area contributed by atoms with Gasteiger partial charge in [-0.05, 0) is 24.3 Å². The lowest BCUT2D eigenvalue weighted by Gasteiger charge is -2.10. The molecule has 0 atom stereocenters. The Balaban J connectivity index is 0.00000289. The molecule has 0 bridgehead atoms. The Kier molecular flexibility index (Phi) is 7.02. The molecule has 0 aliphatic rings. The molecule has 6 nitrogen and oxygen atoms in total. The van der Waals surface area contributed by atoms with E-state index in [0.717, 1.165) is 0 Å². The maximum absolute atomic E-state index is 13.7. The summed E-state index contributed by atoms with van der Waals surface area (Å²) in [6.45, 7) is 0.280. The lowest BCUT2D eigenvalue weighted by Crippen LogP contribution is -2.14. The molecule has 0 aliphatic carbocycles. The number of fused-ring (bicyclic) bond motifs is 1. The van der Waals surface area contributed by atoms with Crippen LogP contribution >= 0.6 is 35.6 Å². The molecule has 0 saturated heterocycles. The van der Waals surface area contributed by atoms with Gasteiger partial charge in [0.1, 0.15) is 0 Å². The quantitative estimate of drug-likeness (QED) is 0.375. The van der Waals surface area contributed by atoms with E-state index in [4.69, 9.17) is 23.2 Å². The van der Waals surface area contributed by atoms with Crippen molar-refractivity contribution in [3.05, 3.63) is 82.2 Å². The summed E-state index contributed by atoms with van der Waals surface area (Å²) in [5.74, 6) is -0.653. The van der Waals surface area contributed by atoms with Crippen LogP contribution < -0.4 is 5.32 Å². The number of benzene rings is 1. The number of halogens is 6. The third kappa shape index (κ3) is 4.69. The highest BCUT2D eigenvalue weighted by molar-refractivity contribution is 6.40. The summed E-state index contributed by atoms with van der Waals surface area (Å²) >= 11 is 12.1. The molecule has 1 amide bonds. The second kappa shape index (κ2) is 9.40. The standard InChI is InChI=1S/C20H14Cl2F3N5O.ClH/c21-12-3-1-4-13(22)16(12)19(31)27-14-5-2-8-30-15(6-9-29-10-7-26-11-29)17(20(23,24)25)28-18(14)30;/h1-5,7-8,10-11H,6,9H2,(H,27,31);1H. The lowest BCUT2D eigenvalue weighted by molar-refractivity contribution is -0.141. The van der Waals surface area contributed by atoms with Crippen LogP contribution in [0.1, 0.15) is 21.7 Å². The van der Waals surface area contributed by atoms with Crippen LogP contribution in [0.25, 0.3) is 5.65 Å². The van der Waals surface area contributed by atoms with Crippen LogP contribution in [0, 0.1) is 0 Å². The second-order valence-corrected chi connectivity index (χ2v) is 7.44. The first-order valence-electron chi connectivity index (χ1n) is 9.04. The number of alkyl halides is 3. The average Bonchev–Trinajstić information content (AvgIpc) is 3.34. The molecule has 0 radical (unpaired) electrons. The minimum absolute atomic E-state index is 0. The lowest BCUT2D eigenvalue weighted by atomic mass is 10.2. The summed E-state index contributed by atoms with van der Waals surface area (Å²) in [5, 5.41) is 2.82. The average molecular weight is 505 g/mol. The Morgan fingerprint density at radius 1 is 1.09 bits per heavy atom. The van der Waals surface area contributed by atoms with Crippen molar-refractivity contribution in [1.82, 2.24) is 18.9 Å². The van der Waals surface area contributed by atoms with E-state index in [1.807, 2.05) is 0 Å². The molecule has 32 heavy (non-hydrogen) atoms. The maximum atomic E-state index is 13.7. The largest absolute Gasteiger partial charge is 0.435 e. The molecular weight excluding hydrogens is 490 g/mol. The summed E-state index contributed by atoms with van der Waals surface area (Å²) in [6, 6.07) is 7.56. The van der Waals surface area contributed by atoms with Crippen molar-refractivity contribution in [3.63, 3.8) is 0 Å². The predicted octanol–water partition coefficient (Wildman–Crippen LogP) is 5.77. The molecule has 1 aromatic carbocycles. The van der Waals surface area contributed by atoms with E-state index in [9.17, 15) is 18.0 Å². The topological polar surface area (TPSA) is 64.2 Å². The highest BCUT2D eigenvalue weighted by atomic mass is 35.5. The third-order valence-corrected chi connectivity index (χ3v) is 5.25. The van der Waals surface area contributed by atoms with Crippen molar-refractivity contribution in [3.8, 4) is 0 Å². The molecule has 1 N–H and O–H groups in total. The Labute approximate surface area is 196 Å². The van der Waals surface area contributed by atoms with Gasteiger partial charge in [-0.15, -0.1) is 12.4 Å². The number of amides is 1. The number of nitrogens with zero attached hydrogens (tertiary/aromatic N) is 4. The Hall–Kier alpha value is -2.75. The second-order valence-electron chi connectivity index (χ2n) is 6.62. The fourth-order valence-corrected chi connectivity index (χ4v) is 3.80. The van der Waals surface area contributed by atoms with E-state index in [1.165, 1.54) is 41.2 Å². The van der Waals surface area contributed by atoms with Gasteiger partial charge in [-0.25, -0.2) is 9.97 Å². The van der Waals surface area contributed by atoms with Crippen LogP contribution in [0.2, 0.25) is 10.0 Å². The van der Waals surface area contributed by atoms with Gasteiger partial charge < -0.3 is 14.3 Å². The van der Waals surface area contributed by atoms with Gasteiger partial charge in [0.15, 0.2) is 11.3 Å². The van der Waals surface area contributed by atoms with E-state index < -0.39 is 17.8 Å². The number of hydrogen-bond donors (Lipinski definition) is 1. The highest BCUT2D eigenvalue weighted by Crippen LogP contribution is 2.34. The number of pyridine rings is 1. The van der Waals surface area contributed by atoms with Gasteiger partial charge in [0, 0.05) is 31.6 Å². The molecular formula is C20H15Cl3F3N5O. The van der Waals surface area contributed by atoms with Crippen LogP contribution in [-0.4, -0.2) is 24.8 Å². The maximum Gasteiger partial charge on any atom is 0.435 e. The van der Waals surface area contributed by atoms with Gasteiger partial charge in [-0.1, -0.05) is 29.3 Å². The first kappa shape index (κ1) is 23.9. The van der Waals surface area contributed by atoms with Crippen LogP contribution in [0.4, 0.5) is 18.9 Å². The molecule has 3 heterocycles. The number of carbonyl (C=O) groups is 1. The molecule has 0 spiro atoms. The number of aryl methyl sites for hydroxylation is 2. The van der Waals surface area contributed by atoms with Crippen LogP contribution in [0.3, 0.4) is 0 Å². The van der Waals surface area contributed by atoms with E-state index in [-0.39, 0.29) is 58.0 Å². The van der Waals surface area contributed by atoms with Crippen LogP contribution in [-0.2, 0) is 19.1 Å². The number of nitrogens with one attached hydrogen (secondary N) is 1. The zero-order valence-corrected chi connectivity index (χ0v) is 18.4. The van der Waals surface area contributed by atoms with Crippen molar-refractivity contribution in [2.45, 2.75) is 19.1 Å². The smallest absolute Gasteiger partial charge is 0.337 e. The molecule has 3 aromatic heterocycles. The summed E-state index contributed by atoms with van der Waals surface area (Å²) in [6.07, 6.45) is 1.60. The zero-order valence-electron chi connectivity index (χ0n) is 16.1. The van der Waals surface area contributed by atoms with Gasteiger partial charge in [-0.2, -0.15) is 13.2 Å². The minimum atomic E-state index is -4.66. The van der Waals surface area contributed by atoms with Gasteiger partial charge in [0.05, 0.1) is 33.3 Å². The fraction of sp³-hybridized carbons (Fsp3) is 0.150. The van der Waals surface area contributed by atoms with E-state index in [0.29, 0.717) is 0 Å². The third-order valence-electron chi connectivity index (χ3n) is 4.62. The summed E-state index contributed by atoms with van der Waals surface area (Å²) in [5.41, 5.74) is -0.946. The zero-order chi connectivity index (χ0) is 22.2. The number of hydrogen-bond acceptors (Lipinski definition) is 3. The highest BCUT2D eigenvalue weighted by Gasteiger charge is 2.38. The first-order chi connectivity index (χ1) is 14.8. The van der Waals surface area contributed by atoms with Crippen LogP contribution in [0.5, 0.6) is 0 Å². The number of imidazole rings is 2. The molecule has 168 valence electrons. The SMILES string of the molecule is Cl.O=C(Nc1cccn2c(CCn3ccnc3)c(C(F)(F)F)nc12)c1c(Cl)cccc1Cl. The molecule has 4 aromatic rings. The number of rotatable bonds is 5. The van der Waals surface area contributed by atoms with Gasteiger partial charge in [-0.3, -0.25) is 4.79 Å². The van der Waals surface area contributed by atoms with Crippen LogP contribution in [0.15, 0.2) is 55.2 Å². The fourth-order valence-electron chi connectivity index (χ4n) is 3.23. The van der Waals surface area contributed by atoms with Crippen molar-refractivity contribution >= 4 is 52.9 Å². The monoisotopic (exact) mass is 503 g/mol. The van der Waals surface area contributed by atoms with E-state index in [1.54, 1.807) is 23.0 Å². The Morgan fingerprint density at radius 2 is 1.81 bits per heavy atom. The molecule has 0 saturated carbocycles. The summed E-state index contributed by atoms with van der Waals surface area (Å²) < 4.78 is 44.1. The first-order valence-corrected chi connectivity index (χ1v) is 9.79. The normalized spacial score (nSPS) is 11.4. The summed E-state index contributed by atoms with van der Waals surface area (Å²) in [4.78, 5) is 20.4. The number of aromatic nitrogens is 4. The molecule has 0 unspecified atom stereocenters. The van der Waals surface area contributed by atoms with E-state index >= 15 is 0 Å². The van der Waals surface area contributed by atoms with E-state index in [2.05, 4.69) is 15.3 Å². The molecule has 0 aliphatic heterocycles. The Morgan fingerprint density at radius 3 is 2.44 bits per heavy atom. The predicted molar refractivity (Wildman–Crippen MR) is 118 cm³/mol. The molecule has 4 rings (SSSR count). The molecule has 0 fully saturated rings. The van der Waals surface area contributed by atoms with Gasteiger partial charge in [0.25, 0.3) is 5.91 Å². The van der Waals surface area contributed by atoms with Crippen molar-refractivity contribution in [2.24, 2.45) is 0 Å². The van der Waals surface area contributed by atoms with Crippen molar-refractivity contribution in [1.29, 1.82) is 0 Å². The van der Waals surface area contributed by atoms with Crippen molar-refractivity contribution in [2.75, 3.05) is 5.32 Å². The van der Waals surface area contributed by atoms with Gasteiger partial charge in [0.2, 0.25) is 0 Å². The van der Waals surface area contributed by atoms with Gasteiger partial charge >= 0.3 is 6.18 Å². The number of carbonyl (C=O) groups excluding carboxylic acids is 1. The van der Waals surface area contributed by atoms with Crippen molar-refractivity contribution < 1.29 is 18.0 Å². The minimum Gasteiger partial charge on any atom is -0.337 e. The molecule has 12 heteroatoms. The summed E-state index contributed by atoms with van der Waals surface area (Å²) in [7, 11) is 0. The Bertz CT molecular complexity index is 1240. The number of anilines is 1.